The van der Waals surface area contributed by atoms with E-state index in [4.69, 9.17) is 10.5 Å². The molecule has 4 rings (SSSR count). The van der Waals surface area contributed by atoms with Gasteiger partial charge in [-0.25, -0.2) is 27.8 Å². The maximum Gasteiger partial charge on any atom is 0.408 e. The molecule has 0 aliphatic carbocycles. The Bertz CT molecular complexity index is 1450. The smallest absolute Gasteiger partial charge is 0.408 e. The van der Waals surface area contributed by atoms with Crippen LogP contribution in [0.25, 0.3) is 11.4 Å². The minimum absolute atomic E-state index is 0.0120. The molecule has 0 amide bonds. The van der Waals surface area contributed by atoms with Gasteiger partial charge in [-0.1, -0.05) is 0 Å². The number of nitrogen functional groups attached to an aromatic ring is 1. The summed E-state index contributed by atoms with van der Waals surface area (Å²) in [5.41, 5.74) is 5.72. The quantitative estimate of drug-likeness (QED) is 0.402. The molecule has 210 valence electrons. The molecule has 0 unspecified atom stereocenters. The highest BCUT2D eigenvalue weighted by Gasteiger charge is 2.46. The number of hydrogen-bond donors (Lipinski definition) is 2. The van der Waals surface area contributed by atoms with Crippen molar-refractivity contribution in [3.05, 3.63) is 41.7 Å². The lowest BCUT2D eigenvalue weighted by Gasteiger charge is -2.39. The first-order valence-electron chi connectivity index (χ1n) is 11.5. The first-order chi connectivity index (χ1) is 18.3. The zero-order valence-corrected chi connectivity index (χ0v) is 21.9. The van der Waals surface area contributed by atoms with E-state index in [0.717, 1.165) is 27.7 Å². The Hall–Kier alpha value is -3.70. The molecular formula is C22H25F4N9O3S. The summed E-state index contributed by atoms with van der Waals surface area (Å²) in [6.07, 6.45) is -1.41. The van der Waals surface area contributed by atoms with Crippen LogP contribution in [0.5, 0.6) is 5.88 Å². The van der Waals surface area contributed by atoms with Crippen LogP contribution in [0.3, 0.4) is 0 Å². The fourth-order valence-corrected chi connectivity index (χ4v) is 5.03. The van der Waals surface area contributed by atoms with Crippen LogP contribution in [0, 0.1) is 12.7 Å². The number of alkyl halides is 3. The molecule has 17 heteroatoms. The first-order valence-corrected chi connectivity index (χ1v) is 13.3. The predicted molar refractivity (Wildman–Crippen MR) is 133 cm³/mol. The number of nitrogens with zero attached hydrogens (tertiary/aromatic N) is 7. The Balaban J connectivity index is 1.77. The third kappa shape index (κ3) is 6.48. The van der Waals surface area contributed by atoms with Crippen molar-refractivity contribution in [3.8, 4) is 17.3 Å². The Morgan fingerprint density at radius 1 is 1.08 bits per heavy atom. The molecule has 1 atom stereocenters. The standard InChI is InChI=1S/C22H25F4N9O3S/c1-12-30-19(33-21(27)31-12)15-8-13(10-28-18(15)32-14-9-16(23)20(38-2)29-11-14)17(22(24,25)26)34-4-6-35(7-5-34)39(3,36)37/h8-11,17H,4-7H2,1-3H3,(H,28,32)(H2,27,30,31,33)/t17-/m1/s1. The number of rotatable bonds is 7. The van der Waals surface area contributed by atoms with Gasteiger partial charge in [-0.2, -0.15) is 27.4 Å². The third-order valence-corrected chi connectivity index (χ3v) is 7.21. The van der Waals surface area contributed by atoms with E-state index in [1.54, 1.807) is 0 Å². The summed E-state index contributed by atoms with van der Waals surface area (Å²) in [6, 6.07) is 0.204. The van der Waals surface area contributed by atoms with Gasteiger partial charge in [-0.15, -0.1) is 0 Å². The molecule has 0 spiro atoms. The van der Waals surface area contributed by atoms with E-state index in [1.165, 1.54) is 26.3 Å². The normalized spacial score (nSPS) is 16.2. The summed E-state index contributed by atoms with van der Waals surface area (Å²) < 4.78 is 87.1. The molecule has 1 aliphatic heterocycles. The summed E-state index contributed by atoms with van der Waals surface area (Å²) in [4.78, 5) is 21.3. The molecule has 1 fully saturated rings. The molecule has 4 heterocycles. The van der Waals surface area contributed by atoms with Crippen LogP contribution in [0.1, 0.15) is 17.4 Å². The van der Waals surface area contributed by atoms with Crippen molar-refractivity contribution in [3.63, 3.8) is 0 Å². The molecule has 3 N–H and O–H groups in total. The lowest BCUT2D eigenvalue weighted by molar-refractivity contribution is -0.189. The second kappa shape index (κ2) is 10.8. The molecule has 0 radical (unpaired) electrons. The highest BCUT2D eigenvalue weighted by atomic mass is 32.2. The maximum absolute atomic E-state index is 14.4. The van der Waals surface area contributed by atoms with Gasteiger partial charge in [0.15, 0.2) is 11.6 Å². The minimum Gasteiger partial charge on any atom is -0.479 e. The summed E-state index contributed by atoms with van der Waals surface area (Å²) in [5.74, 6) is -0.995. The van der Waals surface area contributed by atoms with E-state index in [0.29, 0.717) is 0 Å². The van der Waals surface area contributed by atoms with Gasteiger partial charge in [0.25, 0.3) is 0 Å². The van der Waals surface area contributed by atoms with Crippen LogP contribution in [-0.4, -0.2) is 88.3 Å². The number of halogens is 4. The number of ether oxygens (including phenoxy) is 1. The number of aryl methyl sites for hydroxylation is 1. The number of piperazine rings is 1. The Labute approximate surface area is 221 Å². The largest absolute Gasteiger partial charge is 0.479 e. The van der Waals surface area contributed by atoms with E-state index in [9.17, 15) is 26.0 Å². The van der Waals surface area contributed by atoms with Crippen LogP contribution < -0.4 is 15.8 Å². The average Bonchev–Trinajstić information content (AvgIpc) is 2.83. The van der Waals surface area contributed by atoms with E-state index < -0.39 is 28.1 Å². The highest BCUT2D eigenvalue weighted by Crippen LogP contribution is 2.40. The second-order valence-corrected chi connectivity index (χ2v) is 10.7. The van der Waals surface area contributed by atoms with Gasteiger partial charge < -0.3 is 15.8 Å². The molecule has 3 aromatic rings. The van der Waals surface area contributed by atoms with Gasteiger partial charge in [0.1, 0.15) is 17.7 Å². The number of nitrogens with two attached hydrogens (primary N) is 1. The number of aromatic nitrogens is 5. The van der Waals surface area contributed by atoms with Gasteiger partial charge in [0.05, 0.1) is 30.8 Å². The first kappa shape index (κ1) is 28.3. The molecule has 1 saturated heterocycles. The van der Waals surface area contributed by atoms with Crippen molar-refractivity contribution in [2.75, 3.05) is 50.6 Å². The number of nitrogens with one attached hydrogen (secondary N) is 1. The Kier molecular flexibility index (Phi) is 7.85. The van der Waals surface area contributed by atoms with Crippen LogP contribution in [0.2, 0.25) is 0 Å². The van der Waals surface area contributed by atoms with Crippen LogP contribution in [-0.2, 0) is 10.0 Å². The molecule has 0 aromatic carbocycles. The van der Waals surface area contributed by atoms with Crippen molar-refractivity contribution in [1.29, 1.82) is 0 Å². The van der Waals surface area contributed by atoms with Gasteiger partial charge >= 0.3 is 6.18 Å². The van der Waals surface area contributed by atoms with Gasteiger partial charge in [-0.3, -0.25) is 4.90 Å². The fourth-order valence-electron chi connectivity index (χ4n) is 4.20. The molecule has 0 saturated carbocycles. The van der Waals surface area contributed by atoms with Crippen molar-refractivity contribution in [1.82, 2.24) is 34.1 Å². The number of hydrogen-bond acceptors (Lipinski definition) is 11. The second-order valence-electron chi connectivity index (χ2n) is 8.71. The van der Waals surface area contributed by atoms with Crippen LogP contribution in [0.4, 0.5) is 35.0 Å². The maximum atomic E-state index is 14.4. The van der Waals surface area contributed by atoms with Gasteiger partial charge in [-0.05, 0) is 18.6 Å². The minimum atomic E-state index is -4.72. The topological polar surface area (TPSA) is 152 Å². The summed E-state index contributed by atoms with van der Waals surface area (Å²) in [7, 11) is -2.29. The zero-order chi connectivity index (χ0) is 28.5. The van der Waals surface area contributed by atoms with Gasteiger partial charge in [0, 0.05) is 38.4 Å². The molecular weight excluding hydrogens is 546 g/mol. The van der Waals surface area contributed by atoms with Crippen molar-refractivity contribution in [2.45, 2.75) is 19.1 Å². The summed E-state index contributed by atoms with van der Waals surface area (Å²) in [5, 5.41) is 2.83. The molecule has 12 nitrogen and oxygen atoms in total. The van der Waals surface area contributed by atoms with Crippen LogP contribution in [0.15, 0.2) is 24.5 Å². The fraction of sp³-hybridized carbons (Fsp3) is 0.409. The summed E-state index contributed by atoms with van der Waals surface area (Å²) >= 11 is 0. The van der Waals surface area contributed by atoms with Crippen molar-refractivity contribution in [2.24, 2.45) is 0 Å². The predicted octanol–water partition coefficient (Wildman–Crippen LogP) is 2.29. The number of pyridine rings is 2. The molecule has 0 bridgehead atoms. The molecule has 3 aromatic heterocycles. The number of methoxy groups -OCH3 is 1. The van der Waals surface area contributed by atoms with E-state index in [2.05, 4.69) is 30.2 Å². The van der Waals surface area contributed by atoms with Crippen LogP contribution >= 0.6 is 0 Å². The molecule has 1 aliphatic rings. The monoisotopic (exact) mass is 571 g/mol. The third-order valence-electron chi connectivity index (χ3n) is 5.91. The van der Waals surface area contributed by atoms with Crippen molar-refractivity contribution >= 4 is 27.5 Å². The SMILES string of the molecule is COc1ncc(Nc2ncc([C@@H](N3CCN(S(C)(=O)=O)CC3)C(F)(F)F)cc2-c2nc(C)nc(N)n2)cc1F. The Morgan fingerprint density at radius 2 is 1.77 bits per heavy atom. The van der Waals surface area contributed by atoms with E-state index >= 15 is 0 Å². The number of sulfonamides is 1. The van der Waals surface area contributed by atoms with Crippen molar-refractivity contribution < 1.29 is 30.7 Å². The lowest BCUT2D eigenvalue weighted by Crippen LogP contribution is -2.52. The zero-order valence-electron chi connectivity index (χ0n) is 21.1. The number of anilines is 3. The lowest BCUT2D eigenvalue weighted by atomic mass is 10.0. The Morgan fingerprint density at radius 3 is 2.33 bits per heavy atom. The van der Waals surface area contributed by atoms with Gasteiger partial charge in [0.2, 0.25) is 21.9 Å². The average molecular weight is 572 g/mol. The van der Waals surface area contributed by atoms with E-state index in [1.807, 2.05) is 0 Å². The molecule has 39 heavy (non-hydrogen) atoms. The highest BCUT2D eigenvalue weighted by molar-refractivity contribution is 7.88. The van der Waals surface area contributed by atoms with E-state index in [-0.39, 0.29) is 72.3 Å². The summed E-state index contributed by atoms with van der Waals surface area (Å²) in [6.45, 7) is 1.05.